The Bertz CT molecular complexity index is 153. The third kappa shape index (κ3) is 4.61. The number of esters is 1. The first-order valence-electron chi connectivity index (χ1n) is 5.51. The molecule has 1 atom stereocenters. The number of rotatable bonds is 7. The van der Waals surface area contributed by atoms with Crippen LogP contribution in [0, 0.1) is 0 Å². The summed E-state index contributed by atoms with van der Waals surface area (Å²) in [4.78, 5) is 11.4. The van der Waals surface area contributed by atoms with Gasteiger partial charge in [-0.3, -0.25) is 0 Å². The molecule has 84 valence electrons. The standard InChI is InChI=1S/C11H22O3/c1-5-9(6-2)14-10(7-3)11(12)13-8-4/h9-10H,5-8H2,1-4H3. The van der Waals surface area contributed by atoms with E-state index < -0.39 is 0 Å². The number of hydrogen-bond acceptors (Lipinski definition) is 3. The molecule has 1 unspecified atom stereocenters. The molecule has 0 rings (SSSR count). The highest BCUT2D eigenvalue weighted by Gasteiger charge is 2.21. The van der Waals surface area contributed by atoms with Crippen LogP contribution in [0.25, 0.3) is 0 Å². The van der Waals surface area contributed by atoms with E-state index in [0.29, 0.717) is 13.0 Å². The normalized spacial score (nSPS) is 12.9. The summed E-state index contributed by atoms with van der Waals surface area (Å²) in [7, 11) is 0. The van der Waals surface area contributed by atoms with Gasteiger partial charge in [0.2, 0.25) is 0 Å². The summed E-state index contributed by atoms with van der Waals surface area (Å²) in [5.74, 6) is -0.234. The van der Waals surface area contributed by atoms with Crippen molar-refractivity contribution in [1.29, 1.82) is 0 Å². The summed E-state index contributed by atoms with van der Waals surface area (Å²) in [6.07, 6.45) is 2.33. The molecule has 0 amide bonds. The molecular weight excluding hydrogens is 180 g/mol. The first kappa shape index (κ1) is 13.4. The zero-order valence-corrected chi connectivity index (χ0v) is 9.71. The summed E-state index contributed by atoms with van der Waals surface area (Å²) >= 11 is 0. The molecule has 0 aromatic heterocycles. The van der Waals surface area contributed by atoms with Crippen LogP contribution >= 0.6 is 0 Å². The number of ether oxygens (including phenoxy) is 2. The van der Waals surface area contributed by atoms with Crippen molar-refractivity contribution in [3.05, 3.63) is 0 Å². The van der Waals surface area contributed by atoms with Gasteiger partial charge in [-0.1, -0.05) is 20.8 Å². The molecule has 0 saturated heterocycles. The monoisotopic (exact) mass is 202 g/mol. The van der Waals surface area contributed by atoms with Gasteiger partial charge in [-0.05, 0) is 26.2 Å². The van der Waals surface area contributed by atoms with E-state index in [0.717, 1.165) is 12.8 Å². The molecule has 0 fully saturated rings. The van der Waals surface area contributed by atoms with E-state index in [-0.39, 0.29) is 18.2 Å². The average molecular weight is 202 g/mol. The highest BCUT2D eigenvalue weighted by atomic mass is 16.6. The van der Waals surface area contributed by atoms with Gasteiger partial charge in [0.05, 0.1) is 12.7 Å². The summed E-state index contributed by atoms with van der Waals surface area (Å²) in [5.41, 5.74) is 0. The Hall–Kier alpha value is -0.570. The fourth-order valence-corrected chi connectivity index (χ4v) is 1.27. The second kappa shape index (κ2) is 7.80. The van der Waals surface area contributed by atoms with Crippen molar-refractivity contribution in [2.75, 3.05) is 6.61 Å². The highest BCUT2D eigenvalue weighted by molar-refractivity contribution is 5.74. The Morgan fingerprint density at radius 2 is 1.64 bits per heavy atom. The largest absolute Gasteiger partial charge is 0.464 e. The maximum Gasteiger partial charge on any atom is 0.335 e. The Morgan fingerprint density at radius 1 is 1.07 bits per heavy atom. The summed E-state index contributed by atoms with van der Waals surface area (Å²) in [6.45, 7) is 8.28. The Morgan fingerprint density at radius 3 is 2.00 bits per heavy atom. The van der Waals surface area contributed by atoms with Crippen LogP contribution in [0.5, 0.6) is 0 Å². The molecule has 0 heterocycles. The van der Waals surface area contributed by atoms with Crippen molar-refractivity contribution in [3.8, 4) is 0 Å². The van der Waals surface area contributed by atoms with Crippen LogP contribution in [0.1, 0.15) is 47.0 Å². The van der Waals surface area contributed by atoms with E-state index in [1.165, 1.54) is 0 Å². The van der Waals surface area contributed by atoms with Gasteiger partial charge >= 0.3 is 5.97 Å². The van der Waals surface area contributed by atoms with Crippen LogP contribution in [0.2, 0.25) is 0 Å². The molecule has 0 saturated carbocycles. The highest BCUT2D eigenvalue weighted by Crippen LogP contribution is 2.10. The van der Waals surface area contributed by atoms with Crippen LogP contribution in [-0.4, -0.2) is 24.8 Å². The zero-order chi connectivity index (χ0) is 11.0. The molecular formula is C11H22O3. The van der Waals surface area contributed by atoms with Crippen molar-refractivity contribution >= 4 is 5.97 Å². The van der Waals surface area contributed by atoms with Gasteiger partial charge < -0.3 is 9.47 Å². The molecule has 0 bridgehead atoms. The van der Waals surface area contributed by atoms with Crippen molar-refractivity contribution in [2.24, 2.45) is 0 Å². The van der Waals surface area contributed by atoms with Crippen LogP contribution in [-0.2, 0) is 14.3 Å². The Kier molecular flexibility index (Phi) is 7.48. The van der Waals surface area contributed by atoms with Crippen LogP contribution in [0.4, 0.5) is 0 Å². The minimum absolute atomic E-state index is 0.171. The van der Waals surface area contributed by atoms with Gasteiger partial charge in [0, 0.05) is 0 Å². The van der Waals surface area contributed by atoms with Crippen LogP contribution in [0.3, 0.4) is 0 Å². The van der Waals surface area contributed by atoms with E-state index >= 15 is 0 Å². The van der Waals surface area contributed by atoms with Crippen LogP contribution < -0.4 is 0 Å². The molecule has 14 heavy (non-hydrogen) atoms. The zero-order valence-electron chi connectivity index (χ0n) is 9.71. The summed E-state index contributed by atoms with van der Waals surface area (Å²) < 4.78 is 10.6. The van der Waals surface area contributed by atoms with Gasteiger partial charge in [0.15, 0.2) is 6.10 Å². The van der Waals surface area contributed by atoms with E-state index in [2.05, 4.69) is 13.8 Å². The molecule has 3 heteroatoms. The third-order valence-corrected chi connectivity index (χ3v) is 2.19. The Labute approximate surface area is 86.8 Å². The molecule has 0 aliphatic heterocycles. The minimum Gasteiger partial charge on any atom is -0.464 e. The fraction of sp³-hybridized carbons (Fsp3) is 0.909. The summed E-state index contributed by atoms with van der Waals surface area (Å²) in [5, 5.41) is 0. The van der Waals surface area contributed by atoms with Gasteiger partial charge in [0.25, 0.3) is 0 Å². The predicted molar refractivity (Wildman–Crippen MR) is 56.2 cm³/mol. The van der Waals surface area contributed by atoms with E-state index in [9.17, 15) is 4.79 Å². The topological polar surface area (TPSA) is 35.5 Å². The molecule has 0 aromatic rings. The van der Waals surface area contributed by atoms with Crippen molar-refractivity contribution in [3.63, 3.8) is 0 Å². The lowest BCUT2D eigenvalue weighted by Gasteiger charge is -2.20. The van der Waals surface area contributed by atoms with Gasteiger partial charge in [0.1, 0.15) is 0 Å². The molecule has 0 aliphatic rings. The molecule has 0 aromatic carbocycles. The maximum atomic E-state index is 11.4. The average Bonchev–Trinajstić information content (AvgIpc) is 2.20. The smallest absolute Gasteiger partial charge is 0.335 e. The van der Waals surface area contributed by atoms with Gasteiger partial charge in [-0.2, -0.15) is 0 Å². The lowest BCUT2D eigenvalue weighted by molar-refractivity contribution is -0.161. The van der Waals surface area contributed by atoms with Crippen molar-refractivity contribution in [2.45, 2.75) is 59.2 Å². The SMILES string of the molecule is CCOC(=O)C(CC)OC(CC)CC. The van der Waals surface area contributed by atoms with E-state index in [1.54, 1.807) is 0 Å². The first-order chi connectivity index (χ1) is 6.69. The van der Waals surface area contributed by atoms with Crippen molar-refractivity contribution < 1.29 is 14.3 Å². The Balaban J connectivity index is 4.05. The number of hydrogen-bond donors (Lipinski definition) is 0. The van der Waals surface area contributed by atoms with Crippen LogP contribution in [0.15, 0.2) is 0 Å². The second-order valence-electron chi connectivity index (χ2n) is 3.22. The van der Waals surface area contributed by atoms with Gasteiger partial charge in [-0.15, -0.1) is 0 Å². The third-order valence-electron chi connectivity index (χ3n) is 2.19. The lowest BCUT2D eigenvalue weighted by atomic mass is 10.2. The summed E-state index contributed by atoms with van der Waals surface area (Å²) in [6, 6.07) is 0. The minimum atomic E-state index is -0.389. The number of carbonyl (C=O) groups excluding carboxylic acids is 1. The number of carbonyl (C=O) groups is 1. The first-order valence-corrected chi connectivity index (χ1v) is 5.51. The molecule has 0 aliphatic carbocycles. The molecule has 0 radical (unpaired) electrons. The van der Waals surface area contributed by atoms with Gasteiger partial charge in [-0.25, -0.2) is 4.79 Å². The predicted octanol–water partition coefficient (Wildman–Crippen LogP) is 2.53. The lowest BCUT2D eigenvalue weighted by Crippen LogP contribution is -2.30. The van der Waals surface area contributed by atoms with Crippen molar-refractivity contribution in [1.82, 2.24) is 0 Å². The fourth-order valence-electron chi connectivity index (χ4n) is 1.27. The van der Waals surface area contributed by atoms with E-state index in [1.807, 2.05) is 13.8 Å². The molecule has 0 spiro atoms. The molecule has 3 nitrogen and oxygen atoms in total. The van der Waals surface area contributed by atoms with E-state index in [4.69, 9.17) is 9.47 Å². The maximum absolute atomic E-state index is 11.4. The quantitative estimate of drug-likeness (QED) is 0.595. The second-order valence-corrected chi connectivity index (χ2v) is 3.22. The molecule has 0 N–H and O–H groups in total.